The Hall–Kier alpha value is -1.92. The molecule has 0 unspecified atom stereocenters. The quantitative estimate of drug-likeness (QED) is 0.790. The van der Waals surface area contributed by atoms with Crippen molar-refractivity contribution in [1.82, 2.24) is 14.5 Å². The smallest absolute Gasteiger partial charge is 0.242 e. The van der Waals surface area contributed by atoms with Gasteiger partial charge in [-0.2, -0.15) is 0 Å². The molecular weight excluding hydrogens is 282 g/mol. The summed E-state index contributed by atoms with van der Waals surface area (Å²) >= 11 is 0. The first kappa shape index (κ1) is 15.0. The third-order valence-corrected chi connectivity index (χ3v) is 4.01. The lowest BCUT2D eigenvalue weighted by molar-refractivity contribution is -0.132. The van der Waals surface area contributed by atoms with E-state index in [4.69, 9.17) is 10.2 Å². The first-order valence-corrected chi connectivity index (χ1v) is 7.69. The van der Waals surface area contributed by atoms with E-state index < -0.39 is 0 Å². The van der Waals surface area contributed by atoms with Gasteiger partial charge in [0.05, 0.1) is 24.2 Å². The summed E-state index contributed by atoms with van der Waals surface area (Å²) in [6.45, 7) is 0.472. The Labute approximate surface area is 129 Å². The fourth-order valence-corrected chi connectivity index (χ4v) is 2.75. The van der Waals surface area contributed by atoms with E-state index in [1.807, 2.05) is 28.8 Å². The third-order valence-electron chi connectivity index (χ3n) is 4.01. The summed E-state index contributed by atoms with van der Waals surface area (Å²) in [7, 11) is 0. The van der Waals surface area contributed by atoms with Crippen LogP contribution in [0, 0.1) is 0 Å². The van der Waals surface area contributed by atoms with Crippen molar-refractivity contribution < 1.29 is 15.0 Å². The molecule has 1 saturated carbocycles. The molecule has 118 valence electrons. The Morgan fingerprint density at radius 2 is 1.91 bits per heavy atom. The fraction of sp³-hybridized carbons (Fsp3) is 0.500. The van der Waals surface area contributed by atoms with Crippen LogP contribution in [0.2, 0.25) is 0 Å². The summed E-state index contributed by atoms with van der Waals surface area (Å²) in [6, 6.07) is 7.83. The van der Waals surface area contributed by atoms with Gasteiger partial charge in [0.25, 0.3) is 0 Å². The Bertz CT molecular complexity index is 658. The highest BCUT2D eigenvalue weighted by molar-refractivity contribution is 5.81. The summed E-state index contributed by atoms with van der Waals surface area (Å²) in [5.74, 6) is 1.32. The highest BCUT2D eigenvalue weighted by atomic mass is 16.3. The minimum Gasteiger partial charge on any atom is -0.395 e. The van der Waals surface area contributed by atoms with Gasteiger partial charge in [0.1, 0.15) is 12.4 Å². The molecular formula is C16H21N3O3. The predicted octanol–water partition coefficient (Wildman–Crippen LogP) is 0.727. The van der Waals surface area contributed by atoms with Crippen LogP contribution in [0.25, 0.3) is 11.0 Å². The van der Waals surface area contributed by atoms with E-state index in [9.17, 15) is 4.79 Å². The van der Waals surface area contributed by atoms with Gasteiger partial charge < -0.3 is 19.7 Å². The molecule has 0 aliphatic heterocycles. The molecule has 0 spiro atoms. The van der Waals surface area contributed by atoms with Crippen LogP contribution < -0.4 is 0 Å². The molecule has 1 amide bonds. The number of hydrogen-bond donors (Lipinski definition) is 2. The second-order valence-corrected chi connectivity index (χ2v) is 5.65. The number of carbonyl (C=O) groups excluding carboxylic acids is 1. The number of fused-ring (bicyclic) bond motifs is 1. The molecule has 1 aliphatic rings. The van der Waals surface area contributed by atoms with Crippen molar-refractivity contribution in [2.24, 2.45) is 0 Å². The van der Waals surface area contributed by atoms with Crippen molar-refractivity contribution >= 4 is 16.9 Å². The normalized spacial score (nSPS) is 14.5. The maximum absolute atomic E-state index is 12.5. The molecule has 1 aliphatic carbocycles. The van der Waals surface area contributed by atoms with E-state index in [1.165, 1.54) is 4.90 Å². The average molecular weight is 303 g/mol. The van der Waals surface area contributed by atoms with Crippen molar-refractivity contribution in [3.63, 3.8) is 0 Å². The zero-order valence-corrected chi connectivity index (χ0v) is 12.5. The molecule has 22 heavy (non-hydrogen) atoms. The van der Waals surface area contributed by atoms with Crippen molar-refractivity contribution in [2.45, 2.75) is 25.3 Å². The van der Waals surface area contributed by atoms with Crippen LogP contribution >= 0.6 is 0 Å². The molecule has 1 fully saturated rings. The van der Waals surface area contributed by atoms with Gasteiger partial charge in [0.15, 0.2) is 0 Å². The Morgan fingerprint density at radius 3 is 2.55 bits per heavy atom. The molecule has 0 bridgehead atoms. The number of benzene rings is 1. The molecule has 3 rings (SSSR count). The van der Waals surface area contributed by atoms with E-state index in [0.717, 1.165) is 29.7 Å². The Balaban J connectivity index is 1.88. The molecule has 6 heteroatoms. The monoisotopic (exact) mass is 303 g/mol. The van der Waals surface area contributed by atoms with Crippen LogP contribution in [0.4, 0.5) is 0 Å². The standard InChI is InChI=1S/C16H21N3O3/c20-9-7-18(8-10-21)15(22)11-19-14-4-2-1-3-13(14)17-16(19)12-5-6-12/h1-4,12,20-21H,5-11H2. The molecule has 2 aromatic rings. The number of aliphatic hydroxyl groups is 2. The maximum atomic E-state index is 12.5. The fourth-order valence-electron chi connectivity index (χ4n) is 2.75. The van der Waals surface area contributed by atoms with Gasteiger partial charge in [0.2, 0.25) is 5.91 Å². The van der Waals surface area contributed by atoms with E-state index in [0.29, 0.717) is 5.92 Å². The largest absolute Gasteiger partial charge is 0.395 e. The number of hydrogen-bond acceptors (Lipinski definition) is 4. The van der Waals surface area contributed by atoms with Gasteiger partial charge in [-0.05, 0) is 25.0 Å². The Kier molecular flexibility index (Phi) is 4.40. The highest BCUT2D eigenvalue weighted by Crippen LogP contribution is 2.40. The van der Waals surface area contributed by atoms with Crippen LogP contribution in [-0.2, 0) is 11.3 Å². The zero-order chi connectivity index (χ0) is 15.5. The summed E-state index contributed by atoms with van der Waals surface area (Å²) in [5.41, 5.74) is 1.87. The summed E-state index contributed by atoms with van der Waals surface area (Å²) in [4.78, 5) is 18.6. The SMILES string of the molecule is O=C(Cn1c(C2CC2)nc2ccccc21)N(CCO)CCO. The number of rotatable bonds is 7. The number of imidazole rings is 1. The summed E-state index contributed by atoms with van der Waals surface area (Å²) in [6.07, 6.45) is 2.24. The molecule has 0 atom stereocenters. The number of aliphatic hydroxyl groups excluding tert-OH is 2. The summed E-state index contributed by atoms with van der Waals surface area (Å²) in [5, 5.41) is 18.1. The molecule has 1 heterocycles. The maximum Gasteiger partial charge on any atom is 0.242 e. The molecule has 0 radical (unpaired) electrons. The highest BCUT2D eigenvalue weighted by Gasteiger charge is 2.30. The first-order valence-electron chi connectivity index (χ1n) is 7.69. The van der Waals surface area contributed by atoms with E-state index in [1.54, 1.807) is 0 Å². The molecule has 1 aromatic carbocycles. The minimum atomic E-state index is -0.105. The van der Waals surface area contributed by atoms with Crippen molar-refractivity contribution in [3.8, 4) is 0 Å². The van der Waals surface area contributed by atoms with E-state index >= 15 is 0 Å². The van der Waals surface area contributed by atoms with Gasteiger partial charge in [-0.3, -0.25) is 4.79 Å². The molecule has 2 N–H and O–H groups in total. The van der Waals surface area contributed by atoms with Gasteiger partial charge in [-0.25, -0.2) is 4.98 Å². The molecule has 1 aromatic heterocycles. The average Bonchev–Trinajstić information content (AvgIpc) is 3.30. The van der Waals surface area contributed by atoms with E-state index in [2.05, 4.69) is 4.98 Å². The van der Waals surface area contributed by atoms with Crippen LogP contribution in [0.15, 0.2) is 24.3 Å². The third kappa shape index (κ3) is 2.98. The first-order chi connectivity index (χ1) is 10.7. The zero-order valence-electron chi connectivity index (χ0n) is 12.5. The van der Waals surface area contributed by atoms with Crippen molar-refractivity contribution in [3.05, 3.63) is 30.1 Å². The lowest BCUT2D eigenvalue weighted by Crippen LogP contribution is -2.38. The number of aromatic nitrogens is 2. The Morgan fingerprint density at radius 1 is 1.23 bits per heavy atom. The predicted molar refractivity (Wildman–Crippen MR) is 82.5 cm³/mol. The second-order valence-electron chi connectivity index (χ2n) is 5.65. The second kappa shape index (κ2) is 6.46. The summed E-state index contributed by atoms with van der Waals surface area (Å²) < 4.78 is 1.98. The topological polar surface area (TPSA) is 78.6 Å². The van der Waals surface area contributed by atoms with Gasteiger partial charge in [-0.1, -0.05) is 12.1 Å². The molecule has 6 nitrogen and oxygen atoms in total. The van der Waals surface area contributed by atoms with Gasteiger partial charge in [-0.15, -0.1) is 0 Å². The number of nitrogens with zero attached hydrogens (tertiary/aromatic N) is 3. The van der Waals surface area contributed by atoms with Crippen LogP contribution in [-0.4, -0.2) is 56.9 Å². The molecule has 0 saturated heterocycles. The number of para-hydroxylation sites is 2. The van der Waals surface area contributed by atoms with Gasteiger partial charge in [0, 0.05) is 19.0 Å². The number of carbonyl (C=O) groups is 1. The van der Waals surface area contributed by atoms with Crippen LogP contribution in [0.3, 0.4) is 0 Å². The van der Waals surface area contributed by atoms with Crippen molar-refractivity contribution in [1.29, 1.82) is 0 Å². The number of amides is 1. The van der Waals surface area contributed by atoms with Crippen LogP contribution in [0.5, 0.6) is 0 Å². The minimum absolute atomic E-state index is 0.104. The van der Waals surface area contributed by atoms with Crippen LogP contribution in [0.1, 0.15) is 24.6 Å². The van der Waals surface area contributed by atoms with Gasteiger partial charge >= 0.3 is 0 Å². The van der Waals surface area contributed by atoms with E-state index in [-0.39, 0.29) is 38.8 Å². The lowest BCUT2D eigenvalue weighted by Gasteiger charge is -2.21. The lowest BCUT2D eigenvalue weighted by atomic mass is 10.3. The van der Waals surface area contributed by atoms with Crippen molar-refractivity contribution in [2.75, 3.05) is 26.3 Å².